The summed E-state index contributed by atoms with van der Waals surface area (Å²) in [6.45, 7) is 0.00265. The van der Waals surface area contributed by atoms with E-state index < -0.39 is 10.2 Å². The van der Waals surface area contributed by atoms with Crippen LogP contribution >= 0.6 is 23.2 Å². The zero-order valence-electron chi connectivity index (χ0n) is 18.1. The van der Waals surface area contributed by atoms with Crippen LogP contribution in [-0.4, -0.2) is 35.5 Å². The van der Waals surface area contributed by atoms with Gasteiger partial charge in [0.1, 0.15) is 0 Å². The minimum atomic E-state index is -4.12. The van der Waals surface area contributed by atoms with Crippen LogP contribution in [0.3, 0.4) is 0 Å². The monoisotopic (exact) mass is 532 g/mol. The molecule has 2 heterocycles. The highest BCUT2D eigenvalue weighted by molar-refractivity contribution is 7.90. The Morgan fingerprint density at radius 1 is 0.886 bits per heavy atom. The van der Waals surface area contributed by atoms with Gasteiger partial charge in [0.25, 0.3) is 0 Å². The first-order chi connectivity index (χ1) is 16.8. The molecular formula is C22H18Cl2N6O4S. The van der Waals surface area contributed by atoms with Crippen molar-refractivity contribution >= 4 is 39.2 Å². The van der Waals surface area contributed by atoms with Crippen molar-refractivity contribution < 1.29 is 17.9 Å². The van der Waals surface area contributed by atoms with Gasteiger partial charge in [0.15, 0.2) is 28.3 Å². The van der Waals surface area contributed by atoms with Crippen molar-refractivity contribution in [2.45, 2.75) is 6.54 Å². The van der Waals surface area contributed by atoms with Gasteiger partial charge in [0.05, 0.1) is 7.11 Å². The Balaban J connectivity index is 1.69. The molecule has 0 radical (unpaired) electrons. The number of aromatic nitrogens is 4. The lowest BCUT2D eigenvalue weighted by Crippen LogP contribution is -2.30. The quantitative estimate of drug-likeness (QED) is 0.301. The molecule has 0 atom stereocenters. The van der Waals surface area contributed by atoms with Gasteiger partial charge >= 0.3 is 10.2 Å². The second-order valence-corrected chi connectivity index (χ2v) is 9.19. The molecule has 0 saturated carbocycles. The lowest BCUT2D eigenvalue weighted by molar-refractivity contribution is 0.378. The molecule has 13 heteroatoms. The van der Waals surface area contributed by atoms with E-state index in [1.807, 2.05) is 0 Å². The minimum absolute atomic E-state index is 0.00150. The summed E-state index contributed by atoms with van der Waals surface area (Å²) in [5.74, 6) is 0.466. The van der Waals surface area contributed by atoms with Crippen molar-refractivity contribution in [1.29, 1.82) is 0 Å². The van der Waals surface area contributed by atoms with Crippen LogP contribution in [0.15, 0.2) is 67.0 Å². The summed E-state index contributed by atoms with van der Waals surface area (Å²) in [7, 11) is -2.65. The zero-order valence-corrected chi connectivity index (χ0v) is 20.5. The summed E-state index contributed by atoms with van der Waals surface area (Å²) in [6.07, 6.45) is 2.99. The van der Waals surface area contributed by atoms with Gasteiger partial charge in [-0.25, -0.2) is 19.9 Å². The molecule has 0 aliphatic rings. The summed E-state index contributed by atoms with van der Waals surface area (Å²) in [4.78, 5) is 16.6. The van der Waals surface area contributed by atoms with E-state index in [1.165, 1.54) is 19.5 Å². The Morgan fingerprint density at radius 2 is 1.57 bits per heavy atom. The number of nitrogens with zero attached hydrogens (tertiary/aromatic N) is 4. The Morgan fingerprint density at radius 3 is 2.26 bits per heavy atom. The van der Waals surface area contributed by atoms with Crippen molar-refractivity contribution in [3.05, 3.63) is 82.7 Å². The maximum Gasteiger partial charge on any atom is 0.300 e. The average Bonchev–Trinajstić information content (AvgIpc) is 2.86. The van der Waals surface area contributed by atoms with E-state index in [2.05, 4.69) is 29.4 Å². The fourth-order valence-corrected chi connectivity index (χ4v) is 4.01. The molecule has 0 bridgehead atoms. The Bertz CT molecular complexity index is 1420. The van der Waals surface area contributed by atoms with Crippen molar-refractivity contribution in [2.24, 2.45) is 0 Å². The topological polar surface area (TPSA) is 128 Å². The molecule has 2 aromatic heterocycles. The van der Waals surface area contributed by atoms with Gasteiger partial charge in [-0.2, -0.15) is 13.1 Å². The van der Waals surface area contributed by atoms with Gasteiger partial charge in [0, 0.05) is 24.0 Å². The highest BCUT2D eigenvalue weighted by atomic mass is 35.5. The molecule has 35 heavy (non-hydrogen) atoms. The smallest absolute Gasteiger partial charge is 0.300 e. The molecular weight excluding hydrogens is 515 g/mol. The number of hydrogen-bond donors (Lipinski definition) is 2. The first-order valence-corrected chi connectivity index (χ1v) is 12.3. The van der Waals surface area contributed by atoms with Crippen LogP contribution < -0.4 is 18.9 Å². The molecule has 0 saturated heterocycles. The standard InChI is InChI=1S/C22H18Cl2N6O4S/c1-33-16-5-2-3-6-17(16)34-18-19(24)28-22(21-25-11-4-12-26-21)29-20(18)30-35(31,32)27-13-14-7-9-15(23)10-8-14/h2-12,27H,13H2,1H3,(H,28,29,30). The predicted octanol–water partition coefficient (Wildman–Crippen LogP) is 4.49. The van der Waals surface area contributed by atoms with Crippen molar-refractivity contribution in [3.8, 4) is 28.9 Å². The van der Waals surface area contributed by atoms with Crippen molar-refractivity contribution in [2.75, 3.05) is 11.8 Å². The average molecular weight is 533 g/mol. The van der Waals surface area contributed by atoms with Gasteiger partial charge in [-0.15, -0.1) is 0 Å². The molecule has 4 rings (SSSR count). The third-order valence-electron chi connectivity index (χ3n) is 4.48. The molecule has 2 aromatic carbocycles. The molecule has 4 aromatic rings. The molecule has 0 fully saturated rings. The van der Waals surface area contributed by atoms with Gasteiger partial charge < -0.3 is 9.47 Å². The summed E-state index contributed by atoms with van der Waals surface area (Å²) >= 11 is 12.3. The van der Waals surface area contributed by atoms with E-state index in [4.69, 9.17) is 32.7 Å². The normalized spacial score (nSPS) is 11.2. The Hall–Kier alpha value is -3.51. The summed E-state index contributed by atoms with van der Waals surface area (Å²) in [5.41, 5.74) is 0.698. The Labute approximate surface area is 211 Å². The second-order valence-electron chi connectivity index (χ2n) is 6.89. The maximum absolute atomic E-state index is 12.9. The van der Waals surface area contributed by atoms with Crippen LogP contribution in [0.2, 0.25) is 10.2 Å². The van der Waals surface area contributed by atoms with Crippen LogP contribution in [0.25, 0.3) is 11.6 Å². The summed E-state index contributed by atoms with van der Waals surface area (Å²) in [6, 6.07) is 15.1. The molecule has 2 N–H and O–H groups in total. The van der Waals surface area contributed by atoms with Gasteiger partial charge in [-0.05, 0) is 35.9 Å². The first kappa shape index (κ1) is 24.6. The zero-order chi connectivity index (χ0) is 24.8. The number of rotatable bonds is 9. The van der Waals surface area contributed by atoms with Crippen LogP contribution in [0, 0.1) is 0 Å². The highest BCUT2D eigenvalue weighted by Crippen LogP contribution is 2.39. The molecule has 0 aliphatic heterocycles. The van der Waals surface area contributed by atoms with Gasteiger partial charge in [-0.1, -0.05) is 47.5 Å². The van der Waals surface area contributed by atoms with Crippen molar-refractivity contribution in [3.63, 3.8) is 0 Å². The number of anilines is 1. The van der Waals surface area contributed by atoms with Crippen LogP contribution in [-0.2, 0) is 16.8 Å². The lowest BCUT2D eigenvalue weighted by atomic mass is 10.2. The summed E-state index contributed by atoms with van der Waals surface area (Å²) < 4.78 is 41.7. The summed E-state index contributed by atoms with van der Waals surface area (Å²) in [5, 5.41) is 0.378. The Kier molecular flexibility index (Phi) is 7.61. The van der Waals surface area contributed by atoms with Crippen LogP contribution in [0.1, 0.15) is 5.56 Å². The van der Waals surface area contributed by atoms with Gasteiger partial charge in [0.2, 0.25) is 11.6 Å². The van der Waals surface area contributed by atoms with Gasteiger partial charge in [-0.3, -0.25) is 4.72 Å². The SMILES string of the molecule is COc1ccccc1Oc1c(Cl)nc(-c2ncccn2)nc1NS(=O)(=O)NCc1ccc(Cl)cc1. The molecule has 0 aliphatic carbocycles. The number of hydrogen-bond acceptors (Lipinski definition) is 8. The van der Waals surface area contributed by atoms with E-state index >= 15 is 0 Å². The number of halogens is 2. The van der Waals surface area contributed by atoms with E-state index in [0.717, 1.165) is 0 Å². The molecule has 10 nitrogen and oxygen atoms in total. The fraction of sp³-hybridized carbons (Fsp3) is 0.0909. The third kappa shape index (κ3) is 6.34. The molecule has 0 amide bonds. The second kappa shape index (κ2) is 10.8. The predicted molar refractivity (Wildman–Crippen MR) is 132 cm³/mol. The van der Waals surface area contributed by atoms with Crippen molar-refractivity contribution in [1.82, 2.24) is 24.7 Å². The lowest BCUT2D eigenvalue weighted by Gasteiger charge is -2.16. The maximum atomic E-state index is 12.9. The van der Waals surface area contributed by atoms with E-state index in [9.17, 15) is 8.42 Å². The highest BCUT2D eigenvalue weighted by Gasteiger charge is 2.23. The number of ether oxygens (including phenoxy) is 2. The number of para-hydroxylation sites is 2. The van der Waals surface area contributed by atoms with Crippen LogP contribution in [0.5, 0.6) is 17.2 Å². The fourth-order valence-electron chi connectivity index (χ4n) is 2.85. The third-order valence-corrected chi connectivity index (χ3v) is 5.98. The molecule has 180 valence electrons. The number of nitrogens with one attached hydrogen (secondary N) is 2. The van der Waals surface area contributed by atoms with Crippen LogP contribution in [0.4, 0.5) is 5.82 Å². The van der Waals surface area contributed by atoms with E-state index in [0.29, 0.717) is 16.3 Å². The first-order valence-electron chi connectivity index (χ1n) is 10.0. The largest absolute Gasteiger partial charge is 0.493 e. The molecule has 0 unspecified atom stereocenters. The number of benzene rings is 2. The number of methoxy groups -OCH3 is 1. The van der Waals surface area contributed by atoms with E-state index in [-0.39, 0.29) is 40.7 Å². The van der Waals surface area contributed by atoms with E-state index in [1.54, 1.807) is 54.6 Å². The minimum Gasteiger partial charge on any atom is -0.493 e. The molecule has 0 spiro atoms.